The van der Waals surface area contributed by atoms with E-state index in [1.807, 2.05) is 4.57 Å². The Morgan fingerprint density at radius 2 is 2.14 bits per heavy atom. The average molecular weight is 419 g/mol. The number of hydrogen-bond donors (Lipinski definition) is 0. The number of thiophene rings is 1. The van der Waals surface area contributed by atoms with Crippen LogP contribution in [-0.4, -0.2) is 32.5 Å². The zero-order chi connectivity index (χ0) is 19.1. The first kappa shape index (κ1) is 18.3. The second-order valence-electron chi connectivity index (χ2n) is 7.34. The maximum Gasteiger partial charge on any atom is 0.263 e. The number of aromatic nitrogens is 4. The summed E-state index contributed by atoms with van der Waals surface area (Å²) in [4.78, 5) is 20.6. The zero-order valence-corrected chi connectivity index (χ0v) is 17.4. The van der Waals surface area contributed by atoms with Crippen LogP contribution in [-0.2, 0) is 29.9 Å². The minimum absolute atomic E-state index is 0.0732. The lowest BCUT2D eigenvalue weighted by Crippen LogP contribution is -2.29. The molecule has 0 bridgehead atoms. The Morgan fingerprint density at radius 1 is 1.25 bits per heavy atom. The van der Waals surface area contributed by atoms with Gasteiger partial charge in [-0.1, -0.05) is 11.8 Å². The molecule has 1 fully saturated rings. The molecule has 28 heavy (non-hydrogen) atoms. The van der Waals surface area contributed by atoms with Gasteiger partial charge in [0.2, 0.25) is 11.8 Å². The summed E-state index contributed by atoms with van der Waals surface area (Å²) in [6.07, 6.45) is 6.51. The molecular weight excluding hydrogens is 396 g/mol. The number of fused-ring (bicyclic) bond motifs is 3. The van der Waals surface area contributed by atoms with Crippen molar-refractivity contribution in [2.24, 2.45) is 0 Å². The standard InChI is InChI=1S/C19H22N4O3S2/c1-11-21-22-15(26-11)10-27-19-20-17-16(13-6-2-3-7-14(13)28-17)18(24)23(19)9-12-5-4-8-25-12/h12H,2-10H2,1H3/t12-/m0/s1. The van der Waals surface area contributed by atoms with Crippen LogP contribution < -0.4 is 5.56 Å². The molecular formula is C19H22N4O3S2. The summed E-state index contributed by atoms with van der Waals surface area (Å²) in [5.41, 5.74) is 1.30. The molecule has 5 rings (SSSR count). The Hall–Kier alpha value is -1.71. The van der Waals surface area contributed by atoms with Gasteiger partial charge in [-0.25, -0.2) is 4.98 Å². The first-order chi connectivity index (χ1) is 13.7. The van der Waals surface area contributed by atoms with Gasteiger partial charge in [0.25, 0.3) is 5.56 Å². The molecule has 0 amide bonds. The molecule has 4 heterocycles. The summed E-state index contributed by atoms with van der Waals surface area (Å²) in [7, 11) is 0. The maximum atomic E-state index is 13.5. The SMILES string of the molecule is Cc1nnc(CSc2nc3sc4c(c3c(=O)n2C[C@@H]2CCCO2)CCCC4)o1. The van der Waals surface area contributed by atoms with Crippen molar-refractivity contribution in [2.45, 2.75) is 69.0 Å². The summed E-state index contributed by atoms with van der Waals surface area (Å²) in [5.74, 6) is 1.59. The number of nitrogens with zero attached hydrogens (tertiary/aromatic N) is 4. The van der Waals surface area contributed by atoms with Crippen molar-refractivity contribution >= 4 is 33.3 Å². The molecule has 1 aliphatic heterocycles. The van der Waals surface area contributed by atoms with E-state index in [-0.39, 0.29) is 11.7 Å². The van der Waals surface area contributed by atoms with E-state index in [0.717, 1.165) is 48.9 Å². The van der Waals surface area contributed by atoms with Crippen molar-refractivity contribution < 1.29 is 9.15 Å². The molecule has 0 radical (unpaired) electrons. The smallest absolute Gasteiger partial charge is 0.263 e. The van der Waals surface area contributed by atoms with Gasteiger partial charge in [-0.05, 0) is 44.1 Å². The van der Waals surface area contributed by atoms with Crippen LogP contribution in [0.2, 0.25) is 0 Å². The quantitative estimate of drug-likeness (QED) is 0.463. The summed E-state index contributed by atoms with van der Waals surface area (Å²) in [5, 5.41) is 9.48. The molecule has 9 heteroatoms. The minimum atomic E-state index is 0.0732. The fourth-order valence-electron chi connectivity index (χ4n) is 4.01. The van der Waals surface area contributed by atoms with E-state index in [1.165, 1.54) is 28.6 Å². The third kappa shape index (κ3) is 3.40. The highest BCUT2D eigenvalue weighted by Crippen LogP contribution is 2.35. The van der Waals surface area contributed by atoms with Gasteiger partial charge in [0.1, 0.15) is 4.83 Å². The molecule has 7 nitrogen and oxygen atoms in total. The van der Waals surface area contributed by atoms with Gasteiger partial charge in [-0.2, -0.15) is 0 Å². The predicted molar refractivity (Wildman–Crippen MR) is 108 cm³/mol. The molecule has 0 unspecified atom stereocenters. The fraction of sp³-hybridized carbons (Fsp3) is 0.579. The number of hydrogen-bond acceptors (Lipinski definition) is 8. The predicted octanol–water partition coefficient (Wildman–Crippen LogP) is 3.50. The van der Waals surface area contributed by atoms with E-state index < -0.39 is 0 Å². The first-order valence-electron chi connectivity index (χ1n) is 9.77. The Labute approximate surface area is 170 Å². The lowest BCUT2D eigenvalue weighted by atomic mass is 9.97. The second-order valence-corrected chi connectivity index (χ2v) is 9.37. The zero-order valence-electron chi connectivity index (χ0n) is 15.8. The lowest BCUT2D eigenvalue weighted by Gasteiger charge is -2.16. The number of rotatable bonds is 5. The van der Waals surface area contributed by atoms with Gasteiger partial charge in [-0.3, -0.25) is 9.36 Å². The maximum absolute atomic E-state index is 13.5. The highest BCUT2D eigenvalue weighted by molar-refractivity contribution is 7.98. The van der Waals surface area contributed by atoms with Crippen LogP contribution in [0.5, 0.6) is 0 Å². The molecule has 148 valence electrons. The van der Waals surface area contributed by atoms with Gasteiger partial charge >= 0.3 is 0 Å². The van der Waals surface area contributed by atoms with E-state index in [4.69, 9.17) is 14.1 Å². The molecule has 1 atom stereocenters. The molecule has 3 aromatic heterocycles. The Kier molecular flexibility index (Phi) is 4.98. The van der Waals surface area contributed by atoms with Crippen molar-refractivity contribution in [2.75, 3.05) is 6.61 Å². The van der Waals surface area contributed by atoms with Gasteiger partial charge in [0.05, 0.1) is 23.8 Å². The highest BCUT2D eigenvalue weighted by atomic mass is 32.2. The van der Waals surface area contributed by atoms with E-state index in [2.05, 4.69) is 10.2 Å². The Balaban J connectivity index is 1.56. The highest BCUT2D eigenvalue weighted by Gasteiger charge is 2.25. The molecule has 1 aliphatic carbocycles. The van der Waals surface area contributed by atoms with Gasteiger partial charge in [-0.15, -0.1) is 21.5 Å². The Bertz CT molecular complexity index is 1070. The molecule has 0 spiro atoms. The third-order valence-corrected chi connectivity index (χ3v) is 7.49. The monoisotopic (exact) mass is 418 g/mol. The van der Waals surface area contributed by atoms with E-state index >= 15 is 0 Å². The molecule has 0 saturated carbocycles. The minimum Gasteiger partial charge on any atom is -0.425 e. The summed E-state index contributed by atoms with van der Waals surface area (Å²) in [6, 6.07) is 0. The van der Waals surface area contributed by atoms with Crippen molar-refractivity contribution in [1.29, 1.82) is 0 Å². The van der Waals surface area contributed by atoms with Crippen LogP contribution in [0.15, 0.2) is 14.4 Å². The van der Waals surface area contributed by atoms with Crippen molar-refractivity contribution in [3.8, 4) is 0 Å². The second kappa shape index (κ2) is 7.61. The van der Waals surface area contributed by atoms with Crippen LogP contribution in [0.25, 0.3) is 10.2 Å². The molecule has 3 aromatic rings. The molecule has 0 aromatic carbocycles. The Morgan fingerprint density at radius 3 is 2.93 bits per heavy atom. The molecule has 1 saturated heterocycles. The number of ether oxygens (including phenoxy) is 1. The molecule has 2 aliphatic rings. The van der Waals surface area contributed by atoms with Gasteiger partial charge in [0.15, 0.2) is 5.16 Å². The van der Waals surface area contributed by atoms with E-state index in [1.54, 1.807) is 18.3 Å². The average Bonchev–Trinajstić information content (AvgIpc) is 3.42. The summed E-state index contributed by atoms with van der Waals surface area (Å²) in [6.45, 7) is 3.10. The van der Waals surface area contributed by atoms with Crippen LogP contribution in [0.4, 0.5) is 0 Å². The topological polar surface area (TPSA) is 83.0 Å². The van der Waals surface area contributed by atoms with Crippen LogP contribution in [0.3, 0.4) is 0 Å². The molecule has 0 N–H and O–H groups in total. The largest absolute Gasteiger partial charge is 0.425 e. The van der Waals surface area contributed by atoms with E-state index in [0.29, 0.717) is 29.2 Å². The van der Waals surface area contributed by atoms with E-state index in [9.17, 15) is 4.79 Å². The first-order valence-corrected chi connectivity index (χ1v) is 11.6. The van der Waals surface area contributed by atoms with Gasteiger partial charge in [0, 0.05) is 18.4 Å². The summed E-state index contributed by atoms with van der Waals surface area (Å²) >= 11 is 3.16. The number of thioether (sulfide) groups is 1. The van der Waals surface area contributed by atoms with Crippen LogP contribution >= 0.6 is 23.1 Å². The third-order valence-electron chi connectivity index (χ3n) is 5.34. The number of aryl methyl sites for hydroxylation is 3. The summed E-state index contributed by atoms with van der Waals surface area (Å²) < 4.78 is 13.1. The van der Waals surface area contributed by atoms with Crippen LogP contribution in [0.1, 0.15) is 47.9 Å². The fourth-order valence-corrected chi connectivity index (χ4v) is 6.15. The van der Waals surface area contributed by atoms with Crippen LogP contribution in [0, 0.1) is 6.92 Å². The normalized spacial score (nSPS) is 19.4. The van der Waals surface area contributed by atoms with Crippen molar-refractivity contribution in [1.82, 2.24) is 19.7 Å². The van der Waals surface area contributed by atoms with Gasteiger partial charge < -0.3 is 9.15 Å². The van der Waals surface area contributed by atoms with Crippen molar-refractivity contribution in [3.05, 3.63) is 32.6 Å². The van der Waals surface area contributed by atoms with Crippen molar-refractivity contribution in [3.63, 3.8) is 0 Å². The lowest BCUT2D eigenvalue weighted by molar-refractivity contribution is 0.0937.